The second-order valence-electron chi connectivity index (χ2n) is 4.22. The Morgan fingerprint density at radius 2 is 2.19 bits per heavy atom. The molecule has 0 amide bonds. The molecule has 0 aromatic carbocycles. The van der Waals surface area contributed by atoms with Crippen molar-refractivity contribution in [2.45, 2.75) is 51.2 Å². The summed E-state index contributed by atoms with van der Waals surface area (Å²) in [7, 11) is 1.71. The fourth-order valence-corrected chi connectivity index (χ4v) is 2.02. The number of hydrogen-bond donors (Lipinski definition) is 0. The van der Waals surface area contributed by atoms with Gasteiger partial charge in [-0.3, -0.25) is 4.79 Å². The van der Waals surface area contributed by atoms with E-state index in [0.717, 1.165) is 45.1 Å². The molecular weight excluding hydrogens is 208 g/mol. The van der Waals surface area contributed by atoms with Crippen LogP contribution in [0.15, 0.2) is 0 Å². The number of methoxy groups -OCH3 is 1. The largest absolute Gasteiger partial charge is 0.466 e. The normalized spacial score (nSPS) is 24.6. The number of carbonyl (C=O) groups excluding carboxylic acids is 1. The Morgan fingerprint density at radius 3 is 2.75 bits per heavy atom. The van der Waals surface area contributed by atoms with Crippen LogP contribution in [0.25, 0.3) is 0 Å². The van der Waals surface area contributed by atoms with Crippen LogP contribution in [0.5, 0.6) is 0 Å². The summed E-state index contributed by atoms with van der Waals surface area (Å²) in [6, 6.07) is 0. The van der Waals surface area contributed by atoms with E-state index in [1.54, 1.807) is 7.11 Å². The molecule has 1 aliphatic rings. The van der Waals surface area contributed by atoms with Crippen LogP contribution in [0.4, 0.5) is 0 Å². The molecule has 1 atom stereocenters. The van der Waals surface area contributed by atoms with Gasteiger partial charge in [-0.05, 0) is 25.7 Å². The molecule has 1 heterocycles. The summed E-state index contributed by atoms with van der Waals surface area (Å²) in [5.74, 6) is -0.533. The van der Waals surface area contributed by atoms with Gasteiger partial charge in [0.05, 0.1) is 13.2 Å². The van der Waals surface area contributed by atoms with Crippen LogP contribution in [0.2, 0.25) is 0 Å². The first kappa shape index (κ1) is 13.5. The summed E-state index contributed by atoms with van der Waals surface area (Å²) < 4.78 is 15.9. The number of rotatable bonds is 7. The molecule has 1 fully saturated rings. The molecule has 1 aliphatic heterocycles. The van der Waals surface area contributed by atoms with E-state index in [1.807, 2.05) is 0 Å². The van der Waals surface area contributed by atoms with Gasteiger partial charge >= 0.3 is 5.97 Å². The third kappa shape index (κ3) is 4.49. The maximum Gasteiger partial charge on any atom is 0.302 e. The minimum atomic E-state index is -0.332. The first-order chi connectivity index (χ1) is 7.68. The smallest absolute Gasteiger partial charge is 0.302 e. The standard InChI is InChI=1S/C12H22O4/c1-11(13)15-9-5-3-4-7-12(14-2)8-6-10-16-12/h3-10H2,1-2H3. The van der Waals surface area contributed by atoms with E-state index < -0.39 is 0 Å². The molecule has 0 saturated carbocycles. The summed E-state index contributed by atoms with van der Waals surface area (Å²) in [4.78, 5) is 10.5. The molecule has 1 saturated heterocycles. The number of unbranched alkanes of at least 4 members (excludes halogenated alkanes) is 2. The van der Waals surface area contributed by atoms with Crippen LogP contribution in [0, 0.1) is 0 Å². The highest BCUT2D eigenvalue weighted by molar-refractivity contribution is 5.65. The molecule has 4 nitrogen and oxygen atoms in total. The van der Waals surface area contributed by atoms with Gasteiger partial charge in [0.15, 0.2) is 5.79 Å². The van der Waals surface area contributed by atoms with Gasteiger partial charge in [-0.25, -0.2) is 0 Å². The van der Waals surface area contributed by atoms with Crippen LogP contribution < -0.4 is 0 Å². The molecule has 0 aliphatic carbocycles. The molecule has 1 unspecified atom stereocenters. The van der Waals surface area contributed by atoms with Gasteiger partial charge < -0.3 is 14.2 Å². The van der Waals surface area contributed by atoms with Crippen molar-refractivity contribution in [3.63, 3.8) is 0 Å². The van der Waals surface area contributed by atoms with Crippen molar-refractivity contribution in [3.8, 4) is 0 Å². The van der Waals surface area contributed by atoms with Crippen molar-refractivity contribution in [1.29, 1.82) is 0 Å². The minimum Gasteiger partial charge on any atom is -0.466 e. The Kier molecular flexibility index (Phi) is 5.77. The number of carbonyl (C=O) groups is 1. The molecule has 0 aromatic heterocycles. The summed E-state index contributed by atoms with van der Waals surface area (Å²) >= 11 is 0. The molecule has 4 heteroatoms. The molecule has 94 valence electrons. The molecule has 16 heavy (non-hydrogen) atoms. The molecule has 0 radical (unpaired) electrons. The molecule has 0 N–H and O–H groups in total. The zero-order valence-corrected chi connectivity index (χ0v) is 10.3. The Labute approximate surface area is 97.2 Å². The zero-order valence-electron chi connectivity index (χ0n) is 10.3. The fourth-order valence-electron chi connectivity index (χ4n) is 2.02. The molecule has 1 rings (SSSR count). The Morgan fingerprint density at radius 1 is 1.38 bits per heavy atom. The van der Waals surface area contributed by atoms with Crippen molar-refractivity contribution < 1.29 is 19.0 Å². The third-order valence-corrected chi connectivity index (χ3v) is 2.95. The minimum absolute atomic E-state index is 0.201. The van der Waals surface area contributed by atoms with E-state index in [0.29, 0.717) is 6.61 Å². The summed E-state index contributed by atoms with van der Waals surface area (Å²) in [5, 5.41) is 0. The molecule has 0 aromatic rings. The predicted octanol–water partition coefficient (Wildman–Crippen LogP) is 2.26. The second-order valence-corrected chi connectivity index (χ2v) is 4.22. The van der Waals surface area contributed by atoms with Gasteiger partial charge in [0.2, 0.25) is 0 Å². The van der Waals surface area contributed by atoms with Crippen LogP contribution >= 0.6 is 0 Å². The third-order valence-electron chi connectivity index (χ3n) is 2.95. The van der Waals surface area contributed by atoms with Crippen molar-refractivity contribution in [2.75, 3.05) is 20.3 Å². The van der Waals surface area contributed by atoms with Crippen LogP contribution in [0.1, 0.15) is 45.4 Å². The predicted molar refractivity (Wildman–Crippen MR) is 60.0 cm³/mol. The van der Waals surface area contributed by atoms with Gasteiger partial charge in [0.25, 0.3) is 0 Å². The SMILES string of the molecule is COC1(CCCCCOC(C)=O)CCCO1. The number of ether oxygens (including phenoxy) is 3. The average Bonchev–Trinajstić information content (AvgIpc) is 2.72. The molecular formula is C12H22O4. The van der Waals surface area contributed by atoms with Crippen LogP contribution in [-0.4, -0.2) is 32.1 Å². The van der Waals surface area contributed by atoms with Crippen molar-refractivity contribution >= 4 is 5.97 Å². The average molecular weight is 230 g/mol. The van der Waals surface area contributed by atoms with E-state index in [2.05, 4.69) is 0 Å². The zero-order chi connectivity index (χ0) is 11.9. The highest BCUT2D eigenvalue weighted by Gasteiger charge is 2.34. The summed E-state index contributed by atoms with van der Waals surface area (Å²) in [5.41, 5.74) is 0. The number of hydrogen-bond acceptors (Lipinski definition) is 4. The number of esters is 1. The lowest BCUT2D eigenvalue weighted by atomic mass is 10.0. The maximum absolute atomic E-state index is 10.5. The van der Waals surface area contributed by atoms with Crippen molar-refractivity contribution in [1.82, 2.24) is 0 Å². The first-order valence-electron chi connectivity index (χ1n) is 6.01. The van der Waals surface area contributed by atoms with E-state index in [1.165, 1.54) is 6.92 Å². The lowest BCUT2D eigenvalue weighted by molar-refractivity contribution is -0.197. The second kappa shape index (κ2) is 6.86. The summed E-state index contributed by atoms with van der Waals surface area (Å²) in [6.45, 7) is 2.77. The van der Waals surface area contributed by atoms with Gasteiger partial charge in [-0.1, -0.05) is 0 Å². The van der Waals surface area contributed by atoms with E-state index in [9.17, 15) is 4.79 Å². The van der Waals surface area contributed by atoms with E-state index >= 15 is 0 Å². The Hall–Kier alpha value is -0.610. The highest BCUT2D eigenvalue weighted by Crippen LogP contribution is 2.31. The van der Waals surface area contributed by atoms with E-state index in [-0.39, 0.29) is 11.8 Å². The topological polar surface area (TPSA) is 44.8 Å². The van der Waals surface area contributed by atoms with Gasteiger partial charge in [0.1, 0.15) is 0 Å². The van der Waals surface area contributed by atoms with E-state index in [4.69, 9.17) is 14.2 Å². The Balaban J connectivity index is 2.03. The van der Waals surface area contributed by atoms with Crippen LogP contribution in [-0.2, 0) is 19.0 Å². The molecule has 0 spiro atoms. The first-order valence-corrected chi connectivity index (χ1v) is 6.01. The highest BCUT2D eigenvalue weighted by atomic mass is 16.7. The quantitative estimate of drug-likeness (QED) is 0.497. The van der Waals surface area contributed by atoms with Gasteiger partial charge in [-0.2, -0.15) is 0 Å². The van der Waals surface area contributed by atoms with Gasteiger partial charge in [-0.15, -0.1) is 0 Å². The fraction of sp³-hybridized carbons (Fsp3) is 0.917. The van der Waals surface area contributed by atoms with Crippen LogP contribution in [0.3, 0.4) is 0 Å². The monoisotopic (exact) mass is 230 g/mol. The van der Waals surface area contributed by atoms with Crippen molar-refractivity contribution in [2.24, 2.45) is 0 Å². The molecule has 0 bridgehead atoms. The summed E-state index contributed by atoms with van der Waals surface area (Å²) in [6.07, 6.45) is 6.02. The maximum atomic E-state index is 10.5. The lowest BCUT2D eigenvalue weighted by Crippen LogP contribution is -2.29. The van der Waals surface area contributed by atoms with Gasteiger partial charge in [0, 0.05) is 26.9 Å². The lowest BCUT2D eigenvalue weighted by Gasteiger charge is -2.26. The Bertz CT molecular complexity index is 209. The van der Waals surface area contributed by atoms with Crippen molar-refractivity contribution in [3.05, 3.63) is 0 Å².